The quantitative estimate of drug-likeness (QED) is 0.687. The van der Waals surface area contributed by atoms with Crippen LogP contribution < -0.4 is 5.56 Å². The molecule has 4 rings (SSSR count). The lowest BCUT2D eigenvalue weighted by Gasteiger charge is -2.26. The summed E-state index contributed by atoms with van der Waals surface area (Å²) in [6.07, 6.45) is 4.72. The highest BCUT2D eigenvalue weighted by atomic mass is 35.5. The number of aromatic nitrogens is 2. The fraction of sp³-hybridized carbons (Fsp3) is 0.316. The van der Waals surface area contributed by atoms with E-state index >= 15 is 0 Å². The summed E-state index contributed by atoms with van der Waals surface area (Å²) in [4.78, 5) is 33.1. The van der Waals surface area contributed by atoms with Gasteiger partial charge in [-0.25, -0.2) is 4.98 Å². The first-order valence-corrected chi connectivity index (χ1v) is 9.84. The number of fused-ring (bicyclic) bond motifs is 1. The average molecular weight is 388 g/mol. The van der Waals surface area contributed by atoms with E-state index in [0.29, 0.717) is 15.2 Å². The Morgan fingerprint density at radius 3 is 2.62 bits per heavy atom. The number of carbonyl (C=O) groups is 1. The van der Waals surface area contributed by atoms with Crippen LogP contribution in [0.5, 0.6) is 0 Å². The first kappa shape index (κ1) is 17.2. The van der Waals surface area contributed by atoms with E-state index in [-0.39, 0.29) is 18.0 Å². The number of nitrogens with zero attached hydrogens (tertiary/aromatic N) is 3. The smallest absolute Gasteiger partial charge is 0.262 e. The van der Waals surface area contributed by atoms with E-state index in [1.165, 1.54) is 28.7 Å². The van der Waals surface area contributed by atoms with Crippen LogP contribution in [0.2, 0.25) is 5.02 Å². The summed E-state index contributed by atoms with van der Waals surface area (Å²) in [5.74, 6) is -0.0129. The van der Waals surface area contributed by atoms with Crippen molar-refractivity contribution in [1.29, 1.82) is 0 Å². The lowest BCUT2D eigenvalue weighted by molar-refractivity contribution is -0.132. The number of benzene rings is 1. The molecule has 1 fully saturated rings. The van der Waals surface area contributed by atoms with Gasteiger partial charge in [-0.2, -0.15) is 0 Å². The molecule has 3 aromatic rings. The van der Waals surface area contributed by atoms with E-state index in [1.807, 2.05) is 35.2 Å². The number of carbonyl (C=O) groups excluding carboxylic acids is 1. The van der Waals surface area contributed by atoms with E-state index in [1.54, 1.807) is 0 Å². The van der Waals surface area contributed by atoms with Crippen molar-refractivity contribution in [3.63, 3.8) is 0 Å². The zero-order valence-corrected chi connectivity index (χ0v) is 15.7. The van der Waals surface area contributed by atoms with Gasteiger partial charge in [0, 0.05) is 23.0 Å². The summed E-state index contributed by atoms with van der Waals surface area (Å²) in [5.41, 5.74) is 0.824. The molecular weight excluding hydrogens is 370 g/mol. The summed E-state index contributed by atoms with van der Waals surface area (Å²) in [6.45, 7) is 1.61. The van der Waals surface area contributed by atoms with E-state index in [9.17, 15) is 9.59 Å². The van der Waals surface area contributed by atoms with Crippen molar-refractivity contribution in [3.8, 4) is 10.4 Å². The molecule has 7 heteroatoms. The van der Waals surface area contributed by atoms with Gasteiger partial charge in [0.25, 0.3) is 5.56 Å². The number of halogens is 1. The Hall–Kier alpha value is -2.18. The Balaban J connectivity index is 1.63. The number of amides is 1. The topological polar surface area (TPSA) is 55.2 Å². The van der Waals surface area contributed by atoms with E-state index < -0.39 is 0 Å². The molecule has 0 aliphatic carbocycles. The van der Waals surface area contributed by atoms with Crippen LogP contribution in [-0.4, -0.2) is 33.4 Å². The number of piperidine rings is 1. The molecule has 2 aromatic heterocycles. The molecular formula is C19H18ClN3O2S. The first-order valence-electron chi connectivity index (χ1n) is 8.64. The largest absolute Gasteiger partial charge is 0.341 e. The summed E-state index contributed by atoms with van der Waals surface area (Å²) in [7, 11) is 0. The predicted molar refractivity (Wildman–Crippen MR) is 105 cm³/mol. The molecule has 26 heavy (non-hydrogen) atoms. The third kappa shape index (κ3) is 3.39. The highest BCUT2D eigenvalue weighted by Gasteiger charge is 2.18. The van der Waals surface area contributed by atoms with Gasteiger partial charge >= 0.3 is 0 Å². The Morgan fingerprint density at radius 2 is 1.88 bits per heavy atom. The van der Waals surface area contributed by atoms with Crippen LogP contribution in [0, 0.1) is 0 Å². The van der Waals surface area contributed by atoms with Crippen molar-refractivity contribution in [2.75, 3.05) is 13.1 Å². The maximum atomic E-state index is 12.8. The van der Waals surface area contributed by atoms with Gasteiger partial charge in [-0.3, -0.25) is 14.2 Å². The van der Waals surface area contributed by atoms with Crippen LogP contribution in [0.1, 0.15) is 19.3 Å². The number of likely N-dealkylation sites (tertiary alicyclic amines) is 1. The molecule has 1 aliphatic heterocycles. The Labute approximate surface area is 159 Å². The summed E-state index contributed by atoms with van der Waals surface area (Å²) < 4.78 is 1.41. The van der Waals surface area contributed by atoms with E-state index in [4.69, 9.17) is 11.6 Å². The van der Waals surface area contributed by atoms with Gasteiger partial charge in [-0.05, 0) is 43.0 Å². The summed E-state index contributed by atoms with van der Waals surface area (Å²) in [6, 6.07) is 9.34. The second-order valence-electron chi connectivity index (χ2n) is 6.46. The molecule has 5 nitrogen and oxygen atoms in total. The summed E-state index contributed by atoms with van der Waals surface area (Å²) >= 11 is 7.40. The minimum Gasteiger partial charge on any atom is -0.341 e. The van der Waals surface area contributed by atoms with Gasteiger partial charge in [-0.15, -0.1) is 11.3 Å². The number of hydrogen-bond acceptors (Lipinski definition) is 4. The van der Waals surface area contributed by atoms with E-state index in [2.05, 4.69) is 4.98 Å². The molecule has 1 saturated heterocycles. The van der Waals surface area contributed by atoms with Gasteiger partial charge in [0.05, 0.1) is 11.7 Å². The molecule has 0 spiro atoms. The maximum Gasteiger partial charge on any atom is 0.262 e. The molecule has 0 atom stereocenters. The van der Waals surface area contributed by atoms with Gasteiger partial charge < -0.3 is 4.90 Å². The zero-order valence-electron chi connectivity index (χ0n) is 14.2. The van der Waals surface area contributed by atoms with Gasteiger partial charge in [0.1, 0.15) is 11.4 Å². The van der Waals surface area contributed by atoms with Crippen molar-refractivity contribution in [2.24, 2.45) is 0 Å². The fourth-order valence-electron chi connectivity index (χ4n) is 3.22. The zero-order chi connectivity index (χ0) is 18.1. The van der Waals surface area contributed by atoms with Crippen LogP contribution in [0.25, 0.3) is 20.7 Å². The molecule has 0 unspecified atom stereocenters. The molecule has 0 radical (unpaired) electrons. The minimum atomic E-state index is -0.170. The van der Waals surface area contributed by atoms with Crippen LogP contribution in [0.15, 0.2) is 41.5 Å². The minimum absolute atomic E-state index is 0.0129. The Morgan fingerprint density at radius 1 is 1.15 bits per heavy atom. The second-order valence-corrected chi connectivity index (χ2v) is 7.92. The van der Waals surface area contributed by atoms with Gasteiger partial charge in [0.15, 0.2) is 0 Å². The monoisotopic (exact) mass is 387 g/mol. The van der Waals surface area contributed by atoms with Crippen molar-refractivity contribution in [3.05, 3.63) is 52.0 Å². The van der Waals surface area contributed by atoms with Crippen molar-refractivity contribution >= 4 is 39.1 Å². The third-order valence-electron chi connectivity index (χ3n) is 4.66. The van der Waals surface area contributed by atoms with Crippen molar-refractivity contribution in [2.45, 2.75) is 25.8 Å². The van der Waals surface area contributed by atoms with Crippen LogP contribution in [0.4, 0.5) is 0 Å². The molecule has 1 aromatic carbocycles. The first-order chi connectivity index (χ1) is 12.6. The SMILES string of the molecule is O=C(Cn1cnc2sc(-c3ccc(Cl)cc3)cc2c1=O)N1CCCCC1. The van der Waals surface area contributed by atoms with Crippen LogP contribution in [0.3, 0.4) is 0 Å². The predicted octanol–water partition coefficient (Wildman–Crippen LogP) is 3.79. The molecule has 0 bridgehead atoms. The Kier molecular flexibility index (Phi) is 4.78. The standard InChI is InChI=1S/C19H18ClN3O2S/c20-14-6-4-13(5-7-14)16-10-15-18(26-16)21-12-23(19(15)25)11-17(24)22-8-2-1-3-9-22/h4-7,10,12H,1-3,8-9,11H2. The maximum absolute atomic E-state index is 12.8. The third-order valence-corrected chi connectivity index (χ3v) is 6.01. The number of hydrogen-bond donors (Lipinski definition) is 0. The lowest BCUT2D eigenvalue weighted by Crippen LogP contribution is -2.39. The van der Waals surface area contributed by atoms with Gasteiger partial charge in [-0.1, -0.05) is 23.7 Å². The van der Waals surface area contributed by atoms with Gasteiger partial charge in [0.2, 0.25) is 5.91 Å². The second kappa shape index (κ2) is 7.21. The fourth-order valence-corrected chi connectivity index (χ4v) is 4.34. The van der Waals surface area contributed by atoms with Crippen LogP contribution >= 0.6 is 22.9 Å². The summed E-state index contributed by atoms with van der Waals surface area (Å²) in [5, 5.41) is 1.22. The van der Waals surface area contributed by atoms with Crippen molar-refractivity contribution < 1.29 is 4.79 Å². The Bertz CT molecular complexity index is 1000. The number of rotatable bonds is 3. The normalized spacial score (nSPS) is 14.7. The lowest BCUT2D eigenvalue weighted by atomic mass is 10.1. The molecule has 0 N–H and O–H groups in total. The molecule has 3 heterocycles. The highest BCUT2D eigenvalue weighted by Crippen LogP contribution is 2.31. The van der Waals surface area contributed by atoms with E-state index in [0.717, 1.165) is 36.4 Å². The van der Waals surface area contributed by atoms with Crippen LogP contribution in [-0.2, 0) is 11.3 Å². The molecule has 1 aliphatic rings. The highest BCUT2D eigenvalue weighted by molar-refractivity contribution is 7.21. The molecule has 0 saturated carbocycles. The number of thiophene rings is 1. The molecule has 134 valence electrons. The average Bonchev–Trinajstić information content (AvgIpc) is 3.10. The molecule has 1 amide bonds. The van der Waals surface area contributed by atoms with Crippen molar-refractivity contribution in [1.82, 2.24) is 14.5 Å².